The number of anilines is 1. The second kappa shape index (κ2) is 6.09. The molecule has 2 unspecified atom stereocenters. The third kappa shape index (κ3) is 2.49. The van der Waals surface area contributed by atoms with Crippen molar-refractivity contribution in [2.24, 2.45) is 11.8 Å². The van der Waals surface area contributed by atoms with Gasteiger partial charge in [0, 0.05) is 43.3 Å². The van der Waals surface area contributed by atoms with Gasteiger partial charge in [0.1, 0.15) is 11.4 Å². The number of aromatic carboxylic acids is 1. The van der Waals surface area contributed by atoms with E-state index in [-0.39, 0.29) is 10.9 Å². The fourth-order valence-corrected chi connectivity index (χ4v) is 4.65. The molecule has 0 aliphatic carbocycles. The molecule has 26 heavy (non-hydrogen) atoms. The lowest BCUT2D eigenvalue weighted by Crippen LogP contribution is -2.28. The van der Waals surface area contributed by atoms with Crippen LogP contribution in [-0.2, 0) is 6.42 Å². The molecule has 1 aromatic carbocycles. The number of H-pyrrole nitrogens is 1. The van der Waals surface area contributed by atoms with Crippen LogP contribution in [-0.4, -0.2) is 54.2 Å². The van der Waals surface area contributed by atoms with E-state index in [2.05, 4.69) is 21.8 Å². The fourth-order valence-electron chi connectivity index (χ4n) is 4.65. The number of hydrogen-bond acceptors (Lipinski definition) is 4. The Labute approximate surface area is 150 Å². The summed E-state index contributed by atoms with van der Waals surface area (Å²) in [6, 6.07) is 1.19. The van der Waals surface area contributed by atoms with Crippen molar-refractivity contribution < 1.29 is 14.3 Å². The van der Waals surface area contributed by atoms with E-state index in [0.29, 0.717) is 29.5 Å². The van der Waals surface area contributed by atoms with Gasteiger partial charge < -0.3 is 19.9 Å². The summed E-state index contributed by atoms with van der Waals surface area (Å²) in [5.41, 5.74) is 0.808. The number of pyridine rings is 1. The van der Waals surface area contributed by atoms with Crippen LogP contribution in [0.1, 0.15) is 22.8 Å². The predicted molar refractivity (Wildman–Crippen MR) is 97.6 cm³/mol. The molecule has 2 aliphatic heterocycles. The van der Waals surface area contributed by atoms with Gasteiger partial charge in [-0.05, 0) is 31.4 Å². The van der Waals surface area contributed by atoms with Gasteiger partial charge in [-0.2, -0.15) is 0 Å². The van der Waals surface area contributed by atoms with E-state index in [1.165, 1.54) is 12.3 Å². The molecule has 2 N–H and O–H groups in total. The molecule has 7 heteroatoms. The molecule has 3 heterocycles. The van der Waals surface area contributed by atoms with Crippen LogP contribution in [0, 0.1) is 17.7 Å². The smallest absolute Gasteiger partial charge is 0.341 e. The summed E-state index contributed by atoms with van der Waals surface area (Å²) < 4.78 is 15.0. The van der Waals surface area contributed by atoms with Crippen molar-refractivity contribution in [3.8, 4) is 0 Å². The Hall–Kier alpha value is -2.41. The van der Waals surface area contributed by atoms with Crippen molar-refractivity contribution in [1.82, 2.24) is 9.88 Å². The number of halogens is 1. The Kier molecular flexibility index (Phi) is 3.99. The van der Waals surface area contributed by atoms with E-state index in [9.17, 15) is 9.59 Å². The number of aromatic amines is 1. The monoisotopic (exact) mass is 359 g/mol. The summed E-state index contributed by atoms with van der Waals surface area (Å²) in [5, 5.41) is 9.23. The molecule has 2 aliphatic rings. The standard InChI is InChI=1S/C19H22FN3O3/c1-3-12-16-13(18(24)14(5-21-16)19(25)26)4-15(20)17(12)23-8-10-6-22(2)7-11(10)9-23/h4-5,10-11H,3,6-9H2,1-2H3,(H,21,24)(H,25,26). The number of nitrogens with zero attached hydrogens (tertiary/aromatic N) is 2. The molecule has 138 valence electrons. The molecule has 0 radical (unpaired) electrons. The molecule has 1 aromatic heterocycles. The van der Waals surface area contributed by atoms with Crippen LogP contribution in [0.15, 0.2) is 17.1 Å². The predicted octanol–water partition coefficient (Wildman–Crippen LogP) is 1.93. The minimum absolute atomic E-state index is 0.0992. The maximum atomic E-state index is 15.0. The first kappa shape index (κ1) is 17.0. The van der Waals surface area contributed by atoms with E-state index in [4.69, 9.17) is 5.11 Å². The number of hydrogen-bond donors (Lipinski definition) is 2. The third-order valence-electron chi connectivity index (χ3n) is 5.77. The molecule has 2 aromatic rings. The zero-order valence-electron chi connectivity index (χ0n) is 14.9. The zero-order valence-corrected chi connectivity index (χ0v) is 14.9. The number of aryl methyl sites for hydroxylation is 1. The number of carboxylic acids is 1. The Morgan fingerprint density at radius 2 is 1.96 bits per heavy atom. The summed E-state index contributed by atoms with van der Waals surface area (Å²) in [4.78, 5) is 31.0. The Morgan fingerprint density at radius 1 is 1.31 bits per heavy atom. The number of rotatable bonds is 3. The first-order valence-corrected chi connectivity index (χ1v) is 8.94. The van der Waals surface area contributed by atoms with Gasteiger partial charge in [0.15, 0.2) is 0 Å². The Balaban J connectivity index is 1.84. The first-order valence-electron chi connectivity index (χ1n) is 8.94. The molecule has 2 fully saturated rings. The number of aromatic nitrogens is 1. The van der Waals surface area contributed by atoms with Crippen LogP contribution in [0.5, 0.6) is 0 Å². The van der Waals surface area contributed by atoms with E-state index in [0.717, 1.165) is 31.7 Å². The van der Waals surface area contributed by atoms with Crippen molar-refractivity contribution in [2.45, 2.75) is 13.3 Å². The lowest BCUT2D eigenvalue weighted by atomic mass is 10.0. The third-order valence-corrected chi connectivity index (χ3v) is 5.77. The van der Waals surface area contributed by atoms with Crippen LogP contribution in [0.3, 0.4) is 0 Å². The highest BCUT2D eigenvalue weighted by Crippen LogP contribution is 2.38. The number of likely N-dealkylation sites (tertiary alicyclic amines) is 1. The summed E-state index contributed by atoms with van der Waals surface area (Å²) in [6.07, 6.45) is 1.76. The number of nitrogens with one attached hydrogen (secondary N) is 1. The summed E-state index contributed by atoms with van der Waals surface area (Å²) >= 11 is 0. The molecule has 6 nitrogen and oxygen atoms in total. The summed E-state index contributed by atoms with van der Waals surface area (Å²) in [5.74, 6) is -0.690. The normalized spacial score (nSPS) is 23.0. The number of fused-ring (bicyclic) bond motifs is 2. The zero-order chi connectivity index (χ0) is 18.6. The van der Waals surface area contributed by atoms with Crippen molar-refractivity contribution in [3.63, 3.8) is 0 Å². The molecule has 2 saturated heterocycles. The van der Waals surface area contributed by atoms with E-state index < -0.39 is 17.2 Å². The minimum atomic E-state index is -1.31. The molecular weight excluding hydrogens is 337 g/mol. The second-order valence-electron chi connectivity index (χ2n) is 7.44. The molecular formula is C19H22FN3O3. The van der Waals surface area contributed by atoms with Gasteiger partial charge in [0.05, 0.1) is 11.2 Å². The van der Waals surface area contributed by atoms with E-state index in [1.54, 1.807) is 0 Å². The molecule has 4 rings (SSSR count). The van der Waals surface area contributed by atoms with Gasteiger partial charge >= 0.3 is 5.97 Å². The number of carboxylic acid groups (broad SMARTS) is 1. The highest BCUT2D eigenvalue weighted by molar-refractivity contribution is 5.94. The van der Waals surface area contributed by atoms with Gasteiger partial charge in [-0.1, -0.05) is 6.92 Å². The summed E-state index contributed by atoms with van der Waals surface area (Å²) in [6.45, 7) is 5.59. The van der Waals surface area contributed by atoms with Crippen molar-refractivity contribution in [2.75, 3.05) is 38.1 Å². The van der Waals surface area contributed by atoms with Gasteiger partial charge in [0.25, 0.3) is 0 Å². The molecule has 0 spiro atoms. The largest absolute Gasteiger partial charge is 0.477 e. The van der Waals surface area contributed by atoms with E-state index >= 15 is 4.39 Å². The van der Waals surface area contributed by atoms with Gasteiger partial charge in [0.2, 0.25) is 5.43 Å². The van der Waals surface area contributed by atoms with Crippen LogP contribution in [0.4, 0.5) is 10.1 Å². The fraction of sp³-hybridized carbons (Fsp3) is 0.474. The minimum Gasteiger partial charge on any atom is -0.477 e. The average molecular weight is 359 g/mol. The first-order chi connectivity index (χ1) is 12.4. The van der Waals surface area contributed by atoms with Gasteiger partial charge in [-0.15, -0.1) is 0 Å². The highest BCUT2D eigenvalue weighted by Gasteiger charge is 2.40. The van der Waals surface area contributed by atoms with Gasteiger partial charge in [-0.25, -0.2) is 9.18 Å². The van der Waals surface area contributed by atoms with Crippen molar-refractivity contribution in [3.05, 3.63) is 39.4 Å². The van der Waals surface area contributed by atoms with E-state index in [1.807, 2.05) is 6.92 Å². The van der Waals surface area contributed by atoms with Crippen LogP contribution < -0.4 is 10.3 Å². The molecule has 0 saturated carbocycles. The SMILES string of the molecule is CCc1c(N2CC3CN(C)CC3C2)c(F)cc2c(=O)c(C(=O)O)c[nH]c12. The highest BCUT2D eigenvalue weighted by atomic mass is 19.1. The molecule has 0 amide bonds. The van der Waals surface area contributed by atoms with Crippen LogP contribution >= 0.6 is 0 Å². The van der Waals surface area contributed by atoms with Crippen molar-refractivity contribution >= 4 is 22.6 Å². The molecule has 0 bridgehead atoms. The number of carbonyl (C=O) groups is 1. The van der Waals surface area contributed by atoms with Crippen LogP contribution in [0.25, 0.3) is 10.9 Å². The second-order valence-corrected chi connectivity index (χ2v) is 7.44. The topological polar surface area (TPSA) is 76.6 Å². The summed E-state index contributed by atoms with van der Waals surface area (Å²) in [7, 11) is 2.11. The molecule has 2 atom stereocenters. The maximum Gasteiger partial charge on any atom is 0.341 e. The number of benzene rings is 1. The van der Waals surface area contributed by atoms with Crippen molar-refractivity contribution in [1.29, 1.82) is 0 Å². The lowest BCUT2D eigenvalue weighted by molar-refractivity contribution is 0.0695. The lowest BCUT2D eigenvalue weighted by Gasteiger charge is -2.25. The average Bonchev–Trinajstić information content (AvgIpc) is 3.11. The quantitative estimate of drug-likeness (QED) is 0.876. The maximum absolute atomic E-state index is 15.0. The van der Waals surface area contributed by atoms with Crippen LogP contribution in [0.2, 0.25) is 0 Å². The Morgan fingerprint density at radius 3 is 2.54 bits per heavy atom. The van der Waals surface area contributed by atoms with Gasteiger partial charge in [-0.3, -0.25) is 4.79 Å². The Bertz CT molecular complexity index is 941.